The van der Waals surface area contributed by atoms with E-state index in [9.17, 15) is 18.0 Å². The molecule has 158 valence electrons. The number of nitrogens with zero attached hydrogens (tertiary/aromatic N) is 4. The molecule has 10 heteroatoms. The zero-order valence-electron chi connectivity index (χ0n) is 16.4. The number of ketones is 1. The van der Waals surface area contributed by atoms with Gasteiger partial charge in [0.1, 0.15) is 24.0 Å². The van der Waals surface area contributed by atoms with E-state index in [0.29, 0.717) is 24.6 Å². The van der Waals surface area contributed by atoms with Gasteiger partial charge in [-0.05, 0) is 25.5 Å². The smallest absolute Gasteiger partial charge is 0.421 e. The van der Waals surface area contributed by atoms with Crippen LogP contribution in [0.5, 0.6) is 5.88 Å². The second-order valence-corrected chi connectivity index (χ2v) is 7.21. The Labute approximate surface area is 170 Å². The maximum Gasteiger partial charge on any atom is 0.421 e. The van der Waals surface area contributed by atoms with Gasteiger partial charge in [0.25, 0.3) is 0 Å². The normalized spacial score (nSPS) is 19.7. The largest absolute Gasteiger partial charge is 0.472 e. The molecule has 0 saturated carbocycles. The number of hydrogen-bond acceptors (Lipinski definition) is 7. The van der Waals surface area contributed by atoms with Crippen LogP contribution in [0.25, 0.3) is 11.1 Å². The number of aryl methyl sites for hydroxylation is 2. The average Bonchev–Trinajstić information content (AvgIpc) is 3.27. The number of Topliss-reactive ketones (excluding diaryl/α,β-unsaturated/α-hetero) is 1. The Morgan fingerprint density at radius 1 is 1.30 bits per heavy atom. The van der Waals surface area contributed by atoms with Crippen molar-refractivity contribution in [3.05, 3.63) is 41.1 Å². The molecule has 0 unspecified atom stereocenters. The van der Waals surface area contributed by atoms with Gasteiger partial charge in [0.2, 0.25) is 5.88 Å². The van der Waals surface area contributed by atoms with Gasteiger partial charge in [0, 0.05) is 37.0 Å². The molecule has 4 heterocycles. The summed E-state index contributed by atoms with van der Waals surface area (Å²) in [6.07, 6.45) is -1.87. The van der Waals surface area contributed by atoms with Gasteiger partial charge >= 0.3 is 6.18 Å². The number of alkyl halides is 3. The van der Waals surface area contributed by atoms with Gasteiger partial charge in [-0.15, -0.1) is 0 Å². The van der Waals surface area contributed by atoms with Gasteiger partial charge < -0.3 is 14.2 Å². The Balaban J connectivity index is 1.52. The summed E-state index contributed by atoms with van der Waals surface area (Å²) in [7, 11) is 0. The zero-order valence-corrected chi connectivity index (χ0v) is 16.4. The number of dihydropyridines is 1. The summed E-state index contributed by atoms with van der Waals surface area (Å²) < 4.78 is 51.2. The van der Waals surface area contributed by atoms with E-state index in [1.165, 1.54) is 4.90 Å². The number of hydrogen-bond donors (Lipinski definition) is 0. The van der Waals surface area contributed by atoms with Crippen molar-refractivity contribution in [2.75, 3.05) is 19.6 Å². The second kappa shape index (κ2) is 7.58. The van der Waals surface area contributed by atoms with Crippen LogP contribution in [0.4, 0.5) is 13.2 Å². The number of allylic oxidation sites excluding steroid dienone is 1. The minimum atomic E-state index is -4.72. The van der Waals surface area contributed by atoms with Gasteiger partial charge in [-0.1, -0.05) is 5.16 Å². The van der Waals surface area contributed by atoms with Gasteiger partial charge in [-0.3, -0.25) is 9.79 Å². The van der Waals surface area contributed by atoms with Gasteiger partial charge in [-0.2, -0.15) is 13.2 Å². The monoisotopic (exact) mass is 420 g/mol. The highest BCUT2D eigenvalue weighted by molar-refractivity contribution is 6.06. The lowest BCUT2D eigenvalue weighted by Crippen LogP contribution is -2.34. The van der Waals surface area contributed by atoms with E-state index in [2.05, 4.69) is 15.1 Å². The minimum Gasteiger partial charge on any atom is -0.472 e. The summed E-state index contributed by atoms with van der Waals surface area (Å²) in [5, 5.41) is 3.94. The average molecular weight is 420 g/mol. The predicted molar refractivity (Wildman–Crippen MR) is 101 cm³/mol. The topological polar surface area (TPSA) is 80.8 Å². The van der Waals surface area contributed by atoms with Crippen molar-refractivity contribution in [1.29, 1.82) is 0 Å². The highest BCUT2D eigenvalue weighted by atomic mass is 19.4. The van der Waals surface area contributed by atoms with E-state index < -0.39 is 24.1 Å². The van der Waals surface area contributed by atoms with Crippen LogP contribution in [0.1, 0.15) is 17.9 Å². The van der Waals surface area contributed by atoms with Crippen LogP contribution in [-0.2, 0) is 4.79 Å². The Morgan fingerprint density at radius 3 is 2.80 bits per heavy atom. The molecule has 7 nitrogen and oxygen atoms in total. The Morgan fingerprint density at radius 2 is 2.10 bits per heavy atom. The van der Waals surface area contributed by atoms with Crippen LogP contribution >= 0.6 is 0 Å². The van der Waals surface area contributed by atoms with Crippen molar-refractivity contribution in [3.63, 3.8) is 0 Å². The van der Waals surface area contributed by atoms with Gasteiger partial charge in [-0.25, -0.2) is 4.98 Å². The fraction of sp³-hybridized carbons (Fsp3) is 0.400. The number of likely N-dealkylation sites (tertiary alicyclic amines) is 1. The molecule has 2 aliphatic heterocycles. The van der Waals surface area contributed by atoms with Crippen molar-refractivity contribution >= 4 is 12.0 Å². The summed E-state index contributed by atoms with van der Waals surface area (Å²) >= 11 is 0. The molecule has 0 amide bonds. The van der Waals surface area contributed by atoms with Crippen LogP contribution in [0.15, 0.2) is 39.1 Å². The first-order valence-electron chi connectivity index (χ1n) is 9.39. The Hall–Kier alpha value is -3.17. The SMILES string of the molecule is Cc1noc(C)c1-c1ccnc(O[C@@H]2CCN(C3=C(C(F)(F)F)C(=O)CN=C3)C2)c1. The molecule has 4 rings (SSSR count). The summed E-state index contributed by atoms with van der Waals surface area (Å²) in [5.41, 5.74) is 1.09. The third-order valence-electron chi connectivity index (χ3n) is 5.10. The van der Waals surface area contributed by atoms with E-state index in [4.69, 9.17) is 9.26 Å². The van der Waals surface area contributed by atoms with E-state index >= 15 is 0 Å². The van der Waals surface area contributed by atoms with Crippen LogP contribution in [0.2, 0.25) is 0 Å². The first-order valence-corrected chi connectivity index (χ1v) is 9.39. The third-order valence-corrected chi connectivity index (χ3v) is 5.10. The summed E-state index contributed by atoms with van der Waals surface area (Å²) in [6.45, 7) is 3.68. The number of halogens is 3. The Kier molecular flexibility index (Phi) is 5.08. The Bertz CT molecular complexity index is 1020. The number of pyridine rings is 1. The maximum absolute atomic E-state index is 13.4. The quantitative estimate of drug-likeness (QED) is 0.755. The molecule has 0 N–H and O–H groups in total. The van der Waals surface area contributed by atoms with Crippen molar-refractivity contribution in [2.24, 2.45) is 4.99 Å². The second-order valence-electron chi connectivity index (χ2n) is 7.21. The van der Waals surface area contributed by atoms with Crippen LogP contribution < -0.4 is 4.74 Å². The molecule has 1 saturated heterocycles. The molecule has 0 radical (unpaired) electrons. The summed E-state index contributed by atoms with van der Waals surface area (Å²) in [6, 6.07) is 3.56. The third kappa shape index (κ3) is 3.81. The molecule has 2 aromatic rings. The van der Waals surface area contributed by atoms with Crippen molar-refractivity contribution in [1.82, 2.24) is 15.0 Å². The van der Waals surface area contributed by atoms with Crippen molar-refractivity contribution < 1.29 is 27.2 Å². The van der Waals surface area contributed by atoms with Crippen LogP contribution in [-0.4, -0.2) is 59.0 Å². The lowest BCUT2D eigenvalue weighted by Gasteiger charge is -2.25. The number of ether oxygens (including phenoxy) is 1. The summed E-state index contributed by atoms with van der Waals surface area (Å²) in [4.78, 5) is 21.3. The number of rotatable bonds is 4. The standard InChI is InChI=1S/C20H19F3N4O3/c1-11-18(12(2)30-26-11)13-3-5-25-17(7-13)29-14-4-6-27(10-14)15-8-24-9-16(28)19(15)20(21,22)23/h3,5,7-8,14H,4,6,9-10H2,1-2H3/t14-/m1/s1. The van der Waals surface area contributed by atoms with Crippen molar-refractivity contribution in [3.8, 4) is 17.0 Å². The molecule has 1 atom stereocenters. The molecule has 2 aromatic heterocycles. The molecule has 0 aliphatic carbocycles. The van der Waals surface area contributed by atoms with E-state index in [1.807, 2.05) is 19.9 Å². The highest BCUT2D eigenvalue weighted by Gasteiger charge is 2.44. The fourth-order valence-corrected chi connectivity index (χ4v) is 3.78. The molecular formula is C20H19F3N4O3. The van der Waals surface area contributed by atoms with E-state index in [0.717, 1.165) is 23.0 Å². The molecule has 0 bridgehead atoms. The van der Waals surface area contributed by atoms with Crippen molar-refractivity contribution in [2.45, 2.75) is 32.5 Å². The van der Waals surface area contributed by atoms with E-state index in [-0.39, 0.29) is 18.3 Å². The number of aliphatic imine (C=N–C) groups is 1. The fourth-order valence-electron chi connectivity index (χ4n) is 3.78. The minimum absolute atomic E-state index is 0.192. The first kappa shape index (κ1) is 20.1. The number of carbonyl (C=O) groups excluding carboxylic acids is 1. The summed E-state index contributed by atoms with van der Waals surface area (Å²) in [5.74, 6) is 0.0144. The molecule has 0 aromatic carbocycles. The maximum atomic E-state index is 13.4. The van der Waals surface area contributed by atoms with E-state index in [1.54, 1.807) is 12.3 Å². The molecule has 2 aliphatic rings. The van der Waals surface area contributed by atoms with Crippen LogP contribution in [0, 0.1) is 13.8 Å². The molecule has 30 heavy (non-hydrogen) atoms. The highest BCUT2D eigenvalue weighted by Crippen LogP contribution is 2.33. The number of aromatic nitrogens is 2. The van der Waals surface area contributed by atoms with Crippen LogP contribution in [0.3, 0.4) is 0 Å². The molecular weight excluding hydrogens is 401 g/mol. The zero-order chi connectivity index (χ0) is 21.5. The predicted octanol–water partition coefficient (Wildman–Crippen LogP) is 3.28. The lowest BCUT2D eigenvalue weighted by atomic mass is 10.1. The molecule has 0 spiro atoms. The first-order chi connectivity index (χ1) is 14.2. The van der Waals surface area contributed by atoms with Gasteiger partial charge in [0.05, 0.1) is 17.9 Å². The molecule has 1 fully saturated rings. The van der Waals surface area contributed by atoms with Gasteiger partial charge in [0.15, 0.2) is 5.78 Å². The lowest BCUT2D eigenvalue weighted by molar-refractivity contribution is -0.128. The number of carbonyl (C=O) groups is 1.